The molecule has 23 heavy (non-hydrogen) atoms. The molecule has 2 aromatic rings. The molecule has 0 aliphatic carbocycles. The van der Waals surface area contributed by atoms with Gasteiger partial charge >= 0.3 is 0 Å². The molecule has 1 aromatic carbocycles. The lowest BCUT2D eigenvalue weighted by Crippen LogP contribution is -2.33. The Balaban J connectivity index is 1.88. The van der Waals surface area contributed by atoms with Crippen LogP contribution in [0.25, 0.3) is 11.3 Å². The zero-order valence-electron chi connectivity index (χ0n) is 13.4. The fourth-order valence-electron chi connectivity index (χ4n) is 2.15. The molecule has 2 rings (SSSR count). The first-order chi connectivity index (χ1) is 11.1. The number of carbonyl (C=O) groups is 1. The fraction of sp³-hybridized carbons (Fsp3) is 0.412. The lowest BCUT2D eigenvalue weighted by atomic mass is 10.2. The number of oxazole rings is 1. The molecule has 1 heterocycles. The molecule has 0 saturated heterocycles. The number of aliphatic hydroxyl groups is 1. The van der Waals surface area contributed by atoms with E-state index in [1.54, 1.807) is 13.3 Å². The summed E-state index contributed by atoms with van der Waals surface area (Å²) in [6.45, 7) is 1.92. The highest BCUT2D eigenvalue weighted by Crippen LogP contribution is 2.23. The van der Waals surface area contributed by atoms with Gasteiger partial charge in [0.1, 0.15) is 5.75 Å². The highest BCUT2D eigenvalue weighted by atomic mass is 16.5. The van der Waals surface area contributed by atoms with Crippen molar-refractivity contribution in [3.8, 4) is 17.1 Å². The molecular formula is C17H22N2O4. The highest BCUT2D eigenvalue weighted by Gasteiger charge is 2.11. The molecule has 1 aromatic heterocycles. The second kappa shape index (κ2) is 8.33. The summed E-state index contributed by atoms with van der Waals surface area (Å²) in [5, 5.41) is 11.6. The molecule has 6 nitrogen and oxygen atoms in total. The fourth-order valence-corrected chi connectivity index (χ4v) is 2.15. The van der Waals surface area contributed by atoms with Gasteiger partial charge in [-0.1, -0.05) is 0 Å². The molecule has 0 aliphatic rings. The van der Waals surface area contributed by atoms with Crippen LogP contribution >= 0.6 is 0 Å². The van der Waals surface area contributed by atoms with E-state index in [2.05, 4.69) is 10.3 Å². The SMILES string of the molecule is COc1ccc(-c2cnc(CCC(=O)NC(C)CCO)o2)cc1. The standard InChI is InChI=1S/C17H22N2O4/c1-12(9-10-20)19-16(21)7-8-17-18-11-15(23-17)13-3-5-14(22-2)6-4-13/h3-6,11-12,20H,7-10H2,1-2H3,(H,19,21). The molecule has 6 heteroatoms. The van der Waals surface area contributed by atoms with Crippen molar-refractivity contribution in [1.29, 1.82) is 0 Å². The molecule has 0 bridgehead atoms. The second-order valence-electron chi connectivity index (χ2n) is 5.33. The maximum atomic E-state index is 11.8. The molecule has 1 unspecified atom stereocenters. The number of carbonyl (C=O) groups excluding carboxylic acids is 1. The van der Waals surface area contributed by atoms with E-state index in [1.807, 2.05) is 31.2 Å². The summed E-state index contributed by atoms with van der Waals surface area (Å²) in [6.07, 6.45) is 2.95. The Morgan fingerprint density at radius 2 is 2.13 bits per heavy atom. The minimum atomic E-state index is -0.0739. The quantitative estimate of drug-likeness (QED) is 0.779. The van der Waals surface area contributed by atoms with Crippen LogP contribution in [0.15, 0.2) is 34.9 Å². The lowest BCUT2D eigenvalue weighted by molar-refractivity contribution is -0.121. The maximum Gasteiger partial charge on any atom is 0.220 e. The average molecular weight is 318 g/mol. The van der Waals surface area contributed by atoms with Crippen molar-refractivity contribution in [3.05, 3.63) is 36.4 Å². The Morgan fingerprint density at radius 1 is 1.39 bits per heavy atom. The largest absolute Gasteiger partial charge is 0.497 e. The summed E-state index contributed by atoms with van der Waals surface area (Å²) in [4.78, 5) is 16.0. The normalized spacial score (nSPS) is 12.0. The Labute approximate surface area is 135 Å². The van der Waals surface area contributed by atoms with Crippen molar-refractivity contribution >= 4 is 5.91 Å². The summed E-state index contributed by atoms with van der Waals surface area (Å²) in [5.41, 5.74) is 0.908. The number of ether oxygens (including phenoxy) is 1. The molecule has 0 aliphatic heterocycles. The number of benzene rings is 1. The number of aliphatic hydroxyl groups excluding tert-OH is 1. The monoisotopic (exact) mass is 318 g/mol. The minimum Gasteiger partial charge on any atom is -0.497 e. The molecule has 0 saturated carbocycles. The maximum absolute atomic E-state index is 11.8. The van der Waals surface area contributed by atoms with Gasteiger partial charge in [0, 0.05) is 31.1 Å². The van der Waals surface area contributed by atoms with Crippen molar-refractivity contribution in [2.75, 3.05) is 13.7 Å². The summed E-state index contributed by atoms with van der Waals surface area (Å²) in [5.74, 6) is 1.90. The number of amides is 1. The van der Waals surface area contributed by atoms with Crippen LogP contribution in [-0.4, -0.2) is 35.8 Å². The number of aryl methyl sites for hydroxylation is 1. The summed E-state index contributed by atoms with van der Waals surface area (Å²) >= 11 is 0. The molecule has 0 radical (unpaired) electrons. The first-order valence-corrected chi connectivity index (χ1v) is 7.61. The van der Waals surface area contributed by atoms with Crippen LogP contribution in [0.5, 0.6) is 5.75 Å². The highest BCUT2D eigenvalue weighted by molar-refractivity contribution is 5.76. The van der Waals surface area contributed by atoms with Crippen LogP contribution in [0, 0.1) is 0 Å². The summed E-state index contributed by atoms with van der Waals surface area (Å²) in [7, 11) is 1.62. The second-order valence-corrected chi connectivity index (χ2v) is 5.33. The van der Waals surface area contributed by atoms with Gasteiger partial charge in [-0.25, -0.2) is 4.98 Å². The van der Waals surface area contributed by atoms with Gasteiger partial charge < -0.3 is 19.6 Å². The van der Waals surface area contributed by atoms with Crippen LogP contribution in [0.4, 0.5) is 0 Å². The van der Waals surface area contributed by atoms with Crippen LogP contribution in [-0.2, 0) is 11.2 Å². The van der Waals surface area contributed by atoms with E-state index in [0.717, 1.165) is 11.3 Å². The topological polar surface area (TPSA) is 84.6 Å². The Hall–Kier alpha value is -2.34. The number of rotatable bonds is 8. The van der Waals surface area contributed by atoms with Crippen LogP contribution in [0.2, 0.25) is 0 Å². The predicted molar refractivity (Wildman–Crippen MR) is 86.1 cm³/mol. The zero-order chi connectivity index (χ0) is 16.7. The van der Waals surface area contributed by atoms with E-state index >= 15 is 0 Å². The molecule has 124 valence electrons. The van der Waals surface area contributed by atoms with Crippen molar-refractivity contribution in [1.82, 2.24) is 10.3 Å². The molecule has 0 spiro atoms. The number of hydrogen-bond acceptors (Lipinski definition) is 5. The minimum absolute atomic E-state index is 0.0353. The van der Waals surface area contributed by atoms with E-state index in [9.17, 15) is 4.79 Å². The Bertz CT molecular complexity index is 622. The van der Waals surface area contributed by atoms with Crippen molar-refractivity contribution in [2.24, 2.45) is 0 Å². The van der Waals surface area contributed by atoms with Crippen molar-refractivity contribution < 1.29 is 19.1 Å². The van der Waals surface area contributed by atoms with Crippen molar-refractivity contribution in [2.45, 2.75) is 32.2 Å². The molecule has 1 atom stereocenters. The van der Waals surface area contributed by atoms with Gasteiger partial charge in [0.25, 0.3) is 0 Å². The third kappa shape index (κ3) is 5.10. The van der Waals surface area contributed by atoms with E-state index in [4.69, 9.17) is 14.3 Å². The van der Waals surface area contributed by atoms with Gasteiger partial charge in [-0.3, -0.25) is 4.79 Å². The van der Waals surface area contributed by atoms with Gasteiger partial charge in [-0.2, -0.15) is 0 Å². The van der Waals surface area contributed by atoms with Gasteiger partial charge in [0.2, 0.25) is 5.91 Å². The zero-order valence-corrected chi connectivity index (χ0v) is 13.4. The number of nitrogens with zero attached hydrogens (tertiary/aromatic N) is 1. The number of hydrogen-bond donors (Lipinski definition) is 2. The summed E-state index contributed by atoms with van der Waals surface area (Å²) < 4.78 is 10.8. The number of aromatic nitrogens is 1. The van der Waals surface area contributed by atoms with E-state index in [0.29, 0.717) is 30.9 Å². The number of methoxy groups -OCH3 is 1. The predicted octanol–water partition coefficient (Wildman–Crippen LogP) is 2.17. The van der Waals surface area contributed by atoms with Gasteiger partial charge in [0.15, 0.2) is 11.7 Å². The van der Waals surface area contributed by atoms with E-state index in [-0.39, 0.29) is 18.6 Å². The van der Waals surface area contributed by atoms with Gasteiger partial charge in [-0.05, 0) is 37.6 Å². The van der Waals surface area contributed by atoms with E-state index < -0.39 is 0 Å². The summed E-state index contributed by atoms with van der Waals surface area (Å²) in [6, 6.07) is 7.46. The van der Waals surface area contributed by atoms with Crippen LogP contribution in [0.1, 0.15) is 25.7 Å². The lowest BCUT2D eigenvalue weighted by Gasteiger charge is -2.11. The number of nitrogens with one attached hydrogen (secondary N) is 1. The molecule has 1 amide bonds. The van der Waals surface area contributed by atoms with Crippen LogP contribution < -0.4 is 10.1 Å². The Morgan fingerprint density at radius 3 is 2.78 bits per heavy atom. The molecule has 0 fully saturated rings. The van der Waals surface area contributed by atoms with Gasteiger partial charge in [0.05, 0.1) is 13.3 Å². The third-order valence-electron chi connectivity index (χ3n) is 3.46. The van der Waals surface area contributed by atoms with E-state index in [1.165, 1.54) is 0 Å². The Kier molecular flexibility index (Phi) is 6.17. The first kappa shape index (κ1) is 17.0. The molecule has 2 N–H and O–H groups in total. The van der Waals surface area contributed by atoms with Crippen molar-refractivity contribution in [3.63, 3.8) is 0 Å². The molecular weight excluding hydrogens is 296 g/mol. The average Bonchev–Trinajstić information content (AvgIpc) is 3.02. The third-order valence-corrected chi connectivity index (χ3v) is 3.46. The van der Waals surface area contributed by atoms with Gasteiger partial charge in [-0.15, -0.1) is 0 Å². The first-order valence-electron chi connectivity index (χ1n) is 7.61. The van der Waals surface area contributed by atoms with Crippen LogP contribution in [0.3, 0.4) is 0 Å². The smallest absolute Gasteiger partial charge is 0.220 e.